The topological polar surface area (TPSA) is 45.5 Å². The first kappa shape index (κ1) is 10.4. The molecule has 2 rings (SSSR count). The van der Waals surface area contributed by atoms with E-state index in [9.17, 15) is 0 Å². The molecule has 5 heteroatoms. The maximum Gasteiger partial charge on any atom is 0.241 e. The summed E-state index contributed by atoms with van der Waals surface area (Å²) in [5.74, 6) is 1.68. The summed E-state index contributed by atoms with van der Waals surface area (Å²) in [6.45, 7) is 0. The quantitative estimate of drug-likeness (QED) is 0.787. The van der Waals surface area contributed by atoms with Gasteiger partial charge in [-0.2, -0.15) is 0 Å². The van der Waals surface area contributed by atoms with Crippen molar-refractivity contribution in [3.63, 3.8) is 0 Å². The Morgan fingerprint density at radius 1 is 1.06 bits per heavy atom. The summed E-state index contributed by atoms with van der Waals surface area (Å²) >= 11 is 0. The monoisotopic (exact) mass is 220 g/mol. The number of nitrogens with zero attached hydrogens (tertiary/aromatic N) is 2. The van der Waals surface area contributed by atoms with Gasteiger partial charge in [0.1, 0.15) is 0 Å². The van der Waals surface area contributed by atoms with Crippen LogP contribution >= 0.6 is 0 Å². The lowest BCUT2D eigenvalue weighted by Crippen LogP contribution is -2.07. The van der Waals surface area contributed by atoms with Crippen molar-refractivity contribution in [2.75, 3.05) is 14.2 Å². The number of hydrogen-bond donors (Lipinski definition) is 0. The van der Waals surface area contributed by atoms with Crippen molar-refractivity contribution in [3.8, 4) is 17.2 Å². The molecule has 0 aliphatic carbocycles. The van der Waals surface area contributed by atoms with E-state index in [-0.39, 0.29) is 0 Å². The molecule has 0 radical (unpaired) electrons. The third-order valence-corrected chi connectivity index (χ3v) is 2.05. The van der Waals surface area contributed by atoms with Gasteiger partial charge in [0.05, 0.1) is 26.6 Å². The SMILES string of the molecule is COc1cccc(OC)c1On1cccn1. The number of hydrogen-bond acceptors (Lipinski definition) is 4. The summed E-state index contributed by atoms with van der Waals surface area (Å²) in [7, 11) is 3.15. The third kappa shape index (κ3) is 1.93. The first-order chi connectivity index (χ1) is 7.85. The minimum atomic E-state index is 0.496. The summed E-state index contributed by atoms with van der Waals surface area (Å²) in [4.78, 5) is 6.85. The standard InChI is InChI=1S/C11H12N2O3/c1-14-9-5-3-6-10(15-2)11(9)16-13-8-4-7-12-13/h3-8H,1-2H3. The molecule has 2 aromatic rings. The summed E-state index contributed by atoms with van der Waals surface area (Å²) < 4.78 is 10.4. The van der Waals surface area contributed by atoms with E-state index < -0.39 is 0 Å². The Morgan fingerprint density at radius 3 is 2.25 bits per heavy atom. The average molecular weight is 220 g/mol. The van der Waals surface area contributed by atoms with Gasteiger partial charge in [-0.3, -0.25) is 0 Å². The smallest absolute Gasteiger partial charge is 0.241 e. The first-order valence-corrected chi connectivity index (χ1v) is 4.74. The molecule has 16 heavy (non-hydrogen) atoms. The van der Waals surface area contributed by atoms with E-state index in [1.54, 1.807) is 44.8 Å². The molecule has 0 unspecified atom stereocenters. The summed E-state index contributed by atoms with van der Waals surface area (Å²) in [6.07, 6.45) is 3.31. The molecular formula is C11H12N2O3. The van der Waals surface area contributed by atoms with Gasteiger partial charge in [0.25, 0.3) is 0 Å². The van der Waals surface area contributed by atoms with Gasteiger partial charge >= 0.3 is 0 Å². The van der Waals surface area contributed by atoms with Crippen LogP contribution in [0.5, 0.6) is 17.2 Å². The maximum atomic E-state index is 5.52. The second-order valence-electron chi connectivity index (χ2n) is 2.99. The van der Waals surface area contributed by atoms with Crippen LogP contribution < -0.4 is 14.3 Å². The number of para-hydroxylation sites is 1. The van der Waals surface area contributed by atoms with E-state index in [0.29, 0.717) is 17.2 Å². The van der Waals surface area contributed by atoms with E-state index in [0.717, 1.165) is 0 Å². The average Bonchev–Trinajstić information content (AvgIpc) is 2.82. The molecule has 0 bridgehead atoms. The molecule has 0 fully saturated rings. The Balaban J connectivity index is 2.37. The van der Waals surface area contributed by atoms with Crippen molar-refractivity contribution in [1.82, 2.24) is 9.94 Å². The summed E-state index contributed by atoms with van der Waals surface area (Å²) in [5.41, 5.74) is 0. The van der Waals surface area contributed by atoms with Crippen molar-refractivity contribution in [1.29, 1.82) is 0 Å². The van der Waals surface area contributed by atoms with Gasteiger partial charge in [-0.15, -0.1) is 9.94 Å². The number of methoxy groups -OCH3 is 2. The lowest BCUT2D eigenvalue weighted by molar-refractivity contribution is 0.163. The van der Waals surface area contributed by atoms with E-state index in [2.05, 4.69) is 5.10 Å². The fourth-order valence-corrected chi connectivity index (χ4v) is 1.31. The van der Waals surface area contributed by atoms with E-state index >= 15 is 0 Å². The first-order valence-electron chi connectivity index (χ1n) is 4.74. The van der Waals surface area contributed by atoms with Gasteiger partial charge in [-0.25, -0.2) is 0 Å². The van der Waals surface area contributed by atoms with Crippen molar-refractivity contribution < 1.29 is 14.3 Å². The molecule has 1 aromatic carbocycles. The van der Waals surface area contributed by atoms with E-state index in [4.69, 9.17) is 14.3 Å². The third-order valence-electron chi connectivity index (χ3n) is 2.05. The molecule has 0 aliphatic heterocycles. The van der Waals surface area contributed by atoms with Crippen LogP contribution in [0.25, 0.3) is 0 Å². The van der Waals surface area contributed by atoms with Crippen molar-refractivity contribution >= 4 is 0 Å². The van der Waals surface area contributed by atoms with Crippen LogP contribution in [-0.4, -0.2) is 24.2 Å². The zero-order valence-corrected chi connectivity index (χ0v) is 9.08. The van der Waals surface area contributed by atoms with Crippen LogP contribution in [0.4, 0.5) is 0 Å². The zero-order valence-electron chi connectivity index (χ0n) is 9.08. The highest BCUT2D eigenvalue weighted by Crippen LogP contribution is 2.36. The van der Waals surface area contributed by atoms with Crippen molar-refractivity contribution in [2.24, 2.45) is 0 Å². The maximum absolute atomic E-state index is 5.52. The van der Waals surface area contributed by atoms with Gasteiger partial charge in [-0.05, 0) is 18.2 Å². The molecule has 0 saturated carbocycles. The highest BCUT2D eigenvalue weighted by Gasteiger charge is 2.12. The molecule has 84 valence electrons. The Hall–Kier alpha value is -2.17. The van der Waals surface area contributed by atoms with Crippen molar-refractivity contribution in [2.45, 2.75) is 0 Å². The molecular weight excluding hydrogens is 208 g/mol. The van der Waals surface area contributed by atoms with Gasteiger partial charge in [0.2, 0.25) is 5.75 Å². The summed E-state index contributed by atoms with van der Waals surface area (Å²) in [6, 6.07) is 7.18. The minimum Gasteiger partial charge on any atom is -0.493 e. The Kier molecular flexibility index (Phi) is 2.95. The predicted octanol–water partition coefficient (Wildman–Crippen LogP) is 1.74. The fourth-order valence-electron chi connectivity index (χ4n) is 1.31. The molecule has 1 aromatic heterocycles. The predicted molar refractivity (Wildman–Crippen MR) is 57.8 cm³/mol. The minimum absolute atomic E-state index is 0.496. The summed E-state index contributed by atoms with van der Waals surface area (Å²) in [5, 5.41) is 3.95. The van der Waals surface area contributed by atoms with Crippen LogP contribution in [0, 0.1) is 0 Å². The molecule has 0 aliphatic rings. The Labute approximate surface area is 93.1 Å². The van der Waals surface area contributed by atoms with Crippen LogP contribution in [-0.2, 0) is 0 Å². The second-order valence-corrected chi connectivity index (χ2v) is 2.99. The van der Waals surface area contributed by atoms with Gasteiger partial charge in [0.15, 0.2) is 11.5 Å². The highest BCUT2D eigenvalue weighted by atomic mass is 16.7. The largest absolute Gasteiger partial charge is 0.493 e. The Bertz CT molecular complexity index is 432. The number of ether oxygens (including phenoxy) is 2. The molecule has 0 saturated heterocycles. The number of aromatic nitrogens is 2. The molecule has 0 atom stereocenters. The van der Waals surface area contributed by atoms with Gasteiger partial charge in [-0.1, -0.05) is 6.07 Å². The highest BCUT2D eigenvalue weighted by molar-refractivity contribution is 5.50. The lowest BCUT2D eigenvalue weighted by atomic mass is 10.3. The molecule has 0 amide bonds. The molecule has 5 nitrogen and oxygen atoms in total. The number of rotatable bonds is 4. The van der Waals surface area contributed by atoms with Crippen molar-refractivity contribution in [3.05, 3.63) is 36.7 Å². The second kappa shape index (κ2) is 4.57. The Morgan fingerprint density at radius 2 is 1.75 bits per heavy atom. The van der Waals surface area contributed by atoms with Crippen LogP contribution in [0.15, 0.2) is 36.7 Å². The lowest BCUT2D eigenvalue weighted by Gasteiger charge is -2.12. The normalized spacial score (nSPS) is 9.88. The van der Waals surface area contributed by atoms with Gasteiger partial charge in [0, 0.05) is 0 Å². The van der Waals surface area contributed by atoms with E-state index in [1.807, 2.05) is 6.07 Å². The number of benzene rings is 1. The fraction of sp³-hybridized carbons (Fsp3) is 0.182. The zero-order chi connectivity index (χ0) is 11.4. The van der Waals surface area contributed by atoms with Crippen LogP contribution in [0.3, 0.4) is 0 Å². The van der Waals surface area contributed by atoms with E-state index in [1.165, 1.54) is 4.85 Å². The molecule has 1 heterocycles. The molecule has 0 spiro atoms. The van der Waals surface area contributed by atoms with Gasteiger partial charge < -0.3 is 14.3 Å². The van der Waals surface area contributed by atoms with Crippen LogP contribution in [0.1, 0.15) is 0 Å². The van der Waals surface area contributed by atoms with Crippen LogP contribution in [0.2, 0.25) is 0 Å². The molecule has 0 N–H and O–H groups in total.